The molecule has 0 bridgehead atoms. The lowest BCUT2D eigenvalue weighted by molar-refractivity contribution is 0.423. The highest BCUT2D eigenvalue weighted by Gasteiger charge is 2.15. The zero-order chi connectivity index (χ0) is 12.7. The van der Waals surface area contributed by atoms with E-state index in [2.05, 4.69) is 21.6 Å². The number of aromatic nitrogens is 3. The highest BCUT2D eigenvalue weighted by molar-refractivity contribution is 5.82. The molecule has 2 heterocycles. The number of aryl methyl sites for hydroxylation is 2. The van der Waals surface area contributed by atoms with Gasteiger partial charge in [-0.2, -0.15) is 0 Å². The topological polar surface area (TPSA) is 69.9 Å². The van der Waals surface area contributed by atoms with E-state index >= 15 is 0 Å². The maximum Gasteiger partial charge on any atom is 0.202 e. The van der Waals surface area contributed by atoms with Crippen molar-refractivity contribution in [2.24, 2.45) is 0 Å². The summed E-state index contributed by atoms with van der Waals surface area (Å²) < 4.78 is 7.36. The molecule has 3 rings (SSSR count). The molecule has 0 fully saturated rings. The summed E-state index contributed by atoms with van der Waals surface area (Å²) in [4.78, 5) is 4.58. The van der Waals surface area contributed by atoms with Crippen LogP contribution in [0.25, 0.3) is 22.6 Å². The molecular formula is C13H14N4O. The van der Waals surface area contributed by atoms with Crippen LogP contribution in [0, 0.1) is 6.92 Å². The van der Waals surface area contributed by atoms with Crippen molar-refractivity contribution in [2.75, 3.05) is 5.73 Å². The largest absolute Gasteiger partial charge is 0.399 e. The zero-order valence-corrected chi connectivity index (χ0v) is 10.3. The maximum atomic E-state index is 5.82. The molecule has 0 atom stereocenters. The third kappa shape index (κ3) is 1.55. The minimum atomic E-state index is 0.684. The van der Waals surface area contributed by atoms with Crippen LogP contribution in [-0.4, -0.2) is 14.7 Å². The first-order chi connectivity index (χ1) is 8.69. The molecule has 2 aromatic heterocycles. The lowest BCUT2D eigenvalue weighted by Gasteiger charge is -2.03. The minimum absolute atomic E-state index is 0.684. The van der Waals surface area contributed by atoms with E-state index in [0.29, 0.717) is 5.76 Å². The van der Waals surface area contributed by atoms with E-state index in [0.717, 1.165) is 34.8 Å². The smallest absolute Gasteiger partial charge is 0.202 e. The highest BCUT2D eigenvalue weighted by atomic mass is 16.5. The van der Waals surface area contributed by atoms with Gasteiger partial charge in [0.05, 0.1) is 16.7 Å². The van der Waals surface area contributed by atoms with Crippen molar-refractivity contribution >= 4 is 16.7 Å². The Hall–Kier alpha value is -2.30. The molecule has 2 N–H and O–H groups in total. The van der Waals surface area contributed by atoms with Crippen LogP contribution in [0.3, 0.4) is 0 Å². The highest BCUT2D eigenvalue weighted by Crippen LogP contribution is 2.26. The van der Waals surface area contributed by atoms with E-state index in [1.807, 2.05) is 31.2 Å². The average Bonchev–Trinajstić information content (AvgIpc) is 2.91. The van der Waals surface area contributed by atoms with Crippen molar-refractivity contribution in [3.05, 3.63) is 30.0 Å². The van der Waals surface area contributed by atoms with Gasteiger partial charge >= 0.3 is 0 Å². The molecule has 5 heteroatoms. The number of hydrogen-bond acceptors (Lipinski definition) is 4. The standard InChI is InChI=1S/C13H14N4O/c1-3-17-11-7-9(14)4-5-10(11)15-13(17)12-6-8(2)16-18-12/h4-7H,3,14H2,1-2H3. The molecule has 92 valence electrons. The van der Waals surface area contributed by atoms with Crippen LogP contribution in [0.1, 0.15) is 12.6 Å². The van der Waals surface area contributed by atoms with Gasteiger partial charge in [0.2, 0.25) is 5.76 Å². The summed E-state index contributed by atoms with van der Waals surface area (Å²) >= 11 is 0. The molecule has 0 aliphatic carbocycles. The van der Waals surface area contributed by atoms with E-state index in [1.54, 1.807) is 0 Å². The summed E-state index contributed by atoms with van der Waals surface area (Å²) in [6.45, 7) is 4.76. The summed E-state index contributed by atoms with van der Waals surface area (Å²) in [5.41, 5.74) is 9.33. The van der Waals surface area contributed by atoms with Gasteiger partial charge in [-0.3, -0.25) is 0 Å². The molecule has 0 saturated carbocycles. The summed E-state index contributed by atoms with van der Waals surface area (Å²) in [7, 11) is 0. The third-order valence-corrected chi connectivity index (χ3v) is 2.94. The fourth-order valence-electron chi connectivity index (χ4n) is 2.12. The number of rotatable bonds is 2. The predicted molar refractivity (Wildman–Crippen MR) is 70.1 cm³/mol. The Morgan fingerprint density at radius 1 is 1.33 bits per heavy atom. The second-order valence-corrected chi connectivity index (χ2v) is 4.26. The lowest BCUT2D eigenvalue weighted by Crippen LogP contribution is -1.97. The minimum Gasteiger partial charge on any atom is -0.399 e. The fourth-order valence-corrected chi connectivity index (χ4v) is 2.12. The van der Waals surface area contributed by atoms with Crippen molar-refractivity contribution in [1.29, 1.82) is 0 Å². The summed E-state index contributed by atoms with van der Waals surface area (Å²) in [6.07, 6.45) is 0. The number of fused-ring (bicyclic) bond motifs is 1. The molecular weight excluding hydrogens is 228 g/mol. The van der Waals surface area contributed by atoms with E-state index in [-0.39, 0.29) is 0 Å². The first kappa shape index (κ1) is 10.8. The Morgan fingerprint density at radius 3 is 2.83 bits per heavy atom. The van der Waals surface area contributed by atoms with Crippen molar-refractivity contribution in [2.45, 2.75) is 20.4 Å². The molecule has 18 heavy (non-hydrogen) atoms. The van der Waals surface area contributed by atoms with E-state index in [1.165, 1.54) is 0 Å². The number of nitrogens with zero attached hydrogens (tertiary/aromatic N) is 3. The van der Waals surface area contributed by atoms with Crippen molar-refractivity contribution in [3.8, 4) is 11.6 Å². The van der Waals surface area contributed by atoms with Crippen LogP contribution in [0.5, 0.6) is 0 Å². The molecule has 0 aliphatic heterocycles. The van der Waals surface area contributed by atoms with Gasteiger partial charge in [-0.15, -0.1) is 0 Å². The predicted octanol–water partition coefficient (Wildman–Crippen LogP) is 2.60. The van der Waals surface area contributed by atoms with Gasteiger partial charge in [-0.05, 0) is 32.0 Å². The van der Waals surface area contributed by atoms with Crippen LogP contribution in [0.4, 0.5) is 5.69 Å². The Bertz CT molecular complexity index is 711. The Morgan fingerprint density at radius 2 is 2.17 bits per heavy atom. The molecule has 0 saturated heterocycles. The number of imidazole rings is 1. The number of nitrogens with two attached hydrogens (primary N) is 1. The second kappa shape index (κ2) is 3.87. The van der Waals surface area contributed by atoms with E-state index in [4.69, 9.17) is 10.3 Å². The van der Waals surface area contributed by atoms with E-state index < -0.39 is 0 Å². The zero-order valence-electron chi connectivity index (χ0n) is 10.3. The SMILES string of the molecule is CCn1c(-c2cc(C)no2)nc2ccc(N)cc21. The Kier molecular flexibility index (Phi) is 2.33. The number of benzene rings is 1. The molecule has 1 aromatic carbocycles. The van der Waals surface area contributed by atoms with Gasteiger partial charge < -0.3 is 14.8 Å². The first-order valence-electron chi connectivity index (χ1n) is 5.88. The van der Waals surface area contributed by atoms with Crippen molar-refractivity contribution in [3.63, 3.8) is 0 Å². The Balaban J connectivity index is 2.29. The quantitative estimate of drug-likeness (QED) is 0.701. The molecule has 3 aromatic rings. The third-order valence-electron chi connectivity index (χ3n) is 2.94. The fraction of sp³-hybridized carbons (Fsp3) is 0.231. The summed E-state index contributed by atoms with van der Waals surface area (Å²) in [5, 5.41) is 3.90. The first-order valence-corrected chi connectivity index (χ1v) is 5.88. The van der Waals surface area contributed by atoms with Gasteiger partial charge in [-0.25, -0.2) is 4.98 Å². The number of hydrogen-bond donors (Lipinski definition) is 1. The Labute approximate surface area is 104 Å². The molecule has 0 unspecified atom stereocenters. The molecule has 0 aliphatic rings. The van der Waals surface area contributed by atoms with Crippen LogP contribution in [-0.2, 0) is 6.54 Å². The summed E-state index contributed by atoms with van der Waals surface area (Å²) in [6, 6.07) is 7.59. The van der Waals surface area contributed by atoms with Gasteiger partial charge in [0, 0.05) is 18.3 Å². The van der Waals surface area contributed by atoms with Crippen LogP contribution in [0.15, 0.2) is 28.8 Å². The lowest BCUT2D eigenvalue weighted by atomic mass is 10.3. The molecule has 5 nitrogen and oxygen atoms in total. The van der Waals surface area contributed by atoms with Gasteiger partial charge in [0.25, 0.3) is 0 Å². The van der Waals surface area contributed by atoms with Crippen LogP contribution in [0.2, 0.25) is 0 Å². The van der Waals surface area contributed by atoms with Crippen LogP contribution < -0.4 is 5.73 Å². The van der Waals surface area contributed by atoms with Gasteiger partial charge in [0.15, 0.2) is 5.82 Å². The van der Waals surface area contributed by atoms with Crippen molar-refractivity contribution in [1.82, 2.24) is 14.7 Å². The number of anilines is 1. The average molecular weight is 242 g/mol. The summed E-state index contributed by atoms with van der Waals surface area (Å²) in [5.74, 6) is 1.47. The number of nitrogen functional groups attached to an aromatic ring is 1. The monoisotopic (exact) mass is 242 g/mol. The maximum absolute atomic E-state index is 5.82. The molecule has 0 spiro atoms. The van der Waals surface area contributed by atoms with Crippen molar-refractivity contribution < 1.29 is 4.52 Å². The molecule has 0 amide bonds. The molecule has 0 radical (unpaired) electrons. The normalized spacial score (nSPS) is 11.2. The van der Waals surface area contributed by atoms with Gasteiger partial charge in [-0.1, -0.05) is 5.16 Å². The van der Waals surface area contributed by atoms with Crippen LogP contribution >= 0.6 is 0 Å². The van der Waals surface area contributed by atoms with Gasteiger partial charge in [0.1, 0.15) is 0 Å². The second-order valence-electron chi connectivity index (χ2n) is 4.26. The van der Waals surface area contributed by atoms with E-state index in [9.17, 15) is 0 Å².